The first-order chi connectivity index (χ1) is 17.0. The minimum atomic E-state index is -1.03. The van der Waals surface area contributed by atoms with Crippen LogP contribution in [-0.4, -0.2) is 53.7 Å². The highest BCUT2D eigenvalue weighted by Crippen LogP contribution is 2.44. The molecule has 2 aromatic rings. The van der Waals surface area contributed by atoms with E-state index in [9.17, 15) is 19.5 Å². The average molecular weight is 479 g/mol. The number of carbonyl (C=O) groups is 3. The third kappa shape index (κ3) is 5.66. The zero-order valence-electron chi connectivity index (χ0n) is 20.2. The molecular formula is C28H34N2O5. The summed E-state index contributed by atoms with van der Waals surface area (Å²) in [6, 6.07) is 16.0. The van der Waals surface area contributed by atoms with Crippen LogP contribution >= 0.6 is 0 Å². The van der Waals surface area contributed by atoms with E-state index < -0.39 is 18.0 Å². The molecule has 1 saturated carbocycles. The van der Waals surface area contributed by atoms with Crippen LogP contribution in [0.15, 0.2) is 48.5 Å². The molecule has 0 radical (unpaired) electrons. The second kappa shape index (κ2) is 11.4. The summed E-state index contributed by atoms with van der Waals surface area (Å²) in [7, 11) is 0. The van der Waals surface area contributed by atoms with Crippen LogP contribution in [0, 0.1) is 5.92 Å². The highest BCUT2D eigenvalue weighted by atomic mass is 16.5. The molecule has 0 spiro atoms. The van der Waals surface area contributed by atoms with Gasteiger partial charge >= 0.3 is 12.1 Å². The predicted molar refractivity (Wildman–Crippen MR) is 133 cm³/mol. The summed E-state index contributed by atoms with van der Waals surface area (Å²) in [6.07, 6.45) is 4.23. The molecular weight excluding hydrogens is 444 g/mol. The van der Waals surface area contributed by atoms with Crippen LogP contribution in [0.5, 0.6) is 0 Å². The van der Waals surface area contributed by atoms with Crippen molar-refractivity contribution in [2.75, 3.05) is 19.7 Å². The fourth-order valence-electron chi connectivity index (χ4n) is 5.50. The maximum absolute atomic E-state index is 13.3. The van der Waals surface area contributed by atoms with Gasteiger partial charge in [0.2, 0.25) is 5.91 Å². The van der Waals surface area contributed by atoms with E-state index in [4.69, 9.17) is 4.74 Å². The van der Waals surface area contributed by atoms with Crippen LogP contribution in [0.1, 0.15) is 62.5 Å². The van der Waals surface area contributed by atoms with Gasteiger partial charge in [-0.1, -0.05) is 74.7 Å². The summed E-state index contributed by atoms with van der Waals surface area (Å²) in [5.41, 5.74) is 4.63. The maximum atomic E-state index is 13.3. The first kappa shape index (κ1) is 24.8. The number of hydrogen-bond donors (Lipinski definition) is 2. The number of rotatable bonds is 8. The zero-order chi connectivity index (χ0) is 24.8. The molecule has 4 rings (SSSR count). The molecule has 2 unspecified atom stereocenters. The number of fused-ring (bicyclic) bond motifs is 3. The normalized spacial score (nSPS) is 19.2. The largest absolute Gasteiger partial charge is 0.480 e. The standard InChI is InChI=1S/C28H34N2O5/c1-2-16-30(17-26(31)32)27(33)23-14-4-3-5-15-25(23)29-28(34)35-18-24-21-12-8-6-10-19(21)20-11-7-9-13-22(20)24/h6-13,23-25H,2-5,14-18H2,1H3,(H,29,34)(H,31,32). The molecule has 0 bridgehead atoms. The minimum Gasteiger partial charge on any atom is -0.480 e. The van der Waals surface area contributed by atoms with Gasteiger partial charge in [-0.2, -0.15) is 0 Å². The number of aliphatic carboxylic acids is 1. The zero-order valence-corrected chi connectivity index (χ0v) is 20.2. The molecule has 2 N–H and O–H groups in total. The van der Waals surface area contributed by atoms with E-state index in [0.29, 0.717) is 25.8 Å². The molecule has 1 fully saturated rings. The molecule has 186 valence electrons. The Bertz CT molecular complexity index is 1020. The predicted octanol–water partition coefficient (Wildman–Crippen LogP) is 4.80. The Morgan fingerprint density at radius 3 is 2.23 bits per heavy atom. The third-order valence-corrected chi connectivity index (χ3v) is 7.11. The van der Waals surface area contributed by atoms with Crippen LogP contribution in [-0.2, 0) is 14.3 Å². The lowest BCUT2D eigenvalue weighted by molar-refractivity contribution is -0.147. The Labute approximate surface area is 206 Å². The quantitative estimate of drug-likeness (QED) is 0.532. The fraction of sp³-hybridized carbons (Fsp3) is 0.464. The van der Waals surface area contributed by atoms with Gasteiger partial charge in [-0.15, -0.1) is 0 Å². The molecule has 7 nitrogen and oxygen atoms in total. The van der Waals surface area contributed by atoms with E-state index in [0.717, 1.165) is 30.4 Å². The van der Waals surface area contributed by atoms with Crippen molar-refractivity contribution in [3.8, 4) is 11.1 Å². The number of hydrogen-bond acceptors (Lipinski definition) is 4. The van der Waals surface area contributed by atoms with E-state index >= 15 is 0 Å². The van der Waals surface area contributed by atoms with Gasteiger partial charge in [0, 0.05) is 18.5 Å². The second-order valence-electron chi connectivity index (χ2n) is 9.47. The van der Waals surface area contributed by atoms with Gasteiger partial charge in [-0.05, 0) is 41.5 Å². The Balaban J connectivity index is 1.43. The lowest BCUT2D eigenvalue weighted by Gasteiger charge is -2.30. The Morgan fingerprint density at radius 2 is 1.60 bits per heavy atom. The number of carbonyl (C=O) groups excluding carboxylic acids is 2. The SMILES string of the molecule is CCCN(CC(=O)O)C(=O)C1CCCCCC1NC(=O)OCC1c2ccccc2-c2ccccc21. The number of nitrogens with zero attached hydrogens (tertiary/aromatic N) is 1. The summed E-state index contributed by atoms with van der Waals surface area (Å²) < 4.78 is 5.71. The summed E-state index contributed by atoms with van der Waals surface area (Å²) in [5, 5.41) is 12.2. The lowest BCUT2D eigenvalue weighted by atomic mass is 9.93. The number of ether oxygens (including phenoxy) is 1. The van der Waals surface area contributed by atoms with E-state index in [1.54, 1.807) is 0 Å². The molecule has 2 aromatic carbocycles. The van der Waals surface area contributed by atoms with Crippen molar-refractivity contribution in [2.45, 2.75) is 57.4 Å². The molecule has 2 aliphatic rings. The van der Waals surface area contributed by atoms with Crippen LogP contribution in [0.4, 0.5) is 4.79 Å². The van der Waals surface area contributed by atoms with E-state index in [1.807, 2.05) is 31.2 Å². The smallest absolute Gasteiger partial charge is 0.407 e. The number of alkyl carbamates (subject to hydrolysis) is 1. The van der Waals surface area contributed by atoms with Gasteiger partial charge in [0.1, 0.15) is 13.2 Å². The molecule has 0 aromatic heterocycles. The summed E-state index contributed by atoms with van der Waals surface area (Å²) in [5.74, 6) is -1.69. The molecule has 7 heteroatoms. The number of nitrogens with one attached hydrogen (secondary N) is 1. The van der Waals surface area contributed by atoms with Gasteiger partial charge in [-0.25, -0.2) is 4.79 Å². The van der Waals surface area contributed by atoms with Gasteiger partial charge in [0.05, 0.1) is 5.92 Å². The Morgan fingerprint density at radius 1 is 0.971 bits per heavy atom. The van der Waals surface area contributed by atoms with Gasteiger partial charge in [-0.3, -0.25) is 9.59 Å². The number of benzene rings is 2. The first-order valence-corrected chi connectivity index (χ1v) is 12.6. The first-order valence-electron chi connectivity index (χ1n) is 12.6. The van der Waals surface area contributed by atoms with Crippen LogP contribution in [0.25, 0.3) is 11.1 Å². The van der Waals surface area contributed by atoms with Crippen molar-refractivity contribution in [1.29, 1.82) is 0 Å². The van der Waals surface area contributed by atoms with Crippen LogP contribution in [0.3, 0.4) is 0 Å². The van der Waals surface area contributed by atoms with Crippen molar-refractivity contribution in [1.82, 2.24) is 10.2 Å². The van der Waals surface area contributed by atoms with Gasteiger partial charge in [0.25, 0.3) is 0 Å². The topological polar surface area (TPSA) is 95.9 Å². The molecule has 0 saturated heterocycles. The summed E-state index contributed by atoms with van der Waals surface area (Å²) in [4.78, 5) is 38.9. The Kier molecular flexibility index (Phi) is 8.06. The van der Waals surface area contributed by atoms with Gasteiger partial charge in [0.15, 0.2) is 0 Å². The highest BCUT2D eigenvalue weighted by Gasteiger charge is 2.35. The Hall–Kier alpha value is -3.35. The van der Waals surface area contributed by atoms with Crippen molar-refractivity contribution in [3.05, 3.63) is 59.7 Å². The number of amides is 2. The van der Waals surface area contributed by atoms with Gasteiger partial charge < -0.3 is 20.1 Å². The summed E-state index contributed by atoms with van der Waals surface area (Å²) >= 11 is 0. The van der Waals surface area contributed by atoms with Crippen LogP contribution < -0.4 is 5.32 Å². The van der Waals surface area contributed by atoms with Crippen LogP contribution in [0.2, 0.25) is 0 Å². The average Bonchev–Trinajstić information content (AvgIpc) is 2.98. The van der Waals surface area contributed by atoms with Crippen molar-refractivity contribution in [2.24, 2.45) is 5.92 Å². The third-order valence-electron chi connectivity index (χ3n) is 7.11. The number of carboxylic acids is 1. The molecule has 2 amide bonds. The van der Waals surface area contributed by atoms with Crippen molar-refractivity contribution in [3.63, 3.8) is 0 Å². The molecule has 0 heterocycles. The van der Waals surface area contributed by atoms with E-state index in [2.05, 4.69) is 29.6 Å². The van der Waals surface area contributed by atoms with Crippen molar-refractivity contribution >= 4 is 18.0 Å². The number of carboxylic acid groups (broad SMARTS) is 1. The molecule has 35 heavy (non-hydrogen) atoms. The maximum Gasteiger partial charge on any atom is 0.407 e. The van der Waals surface area contributed by atoms with E-state index in [-0.39, 0.29) is 31.0 Å². The molecule has 2 atom stereocenters. The molecule has 0 aliphatic heterocycles. The van der Waals surface area contributed by atoms with Crippen molar-refractivity contribution < 1.29 is 24.2 Å². The summed E-state index contributed by atoms with van der Waals surface area (Å²) in [6.45, 7) is 2.20. The van der Waals surface area contributed by atoms with E-state index in [1.165, 1.54) is 16.0 Å². The minimum absolute atomic E-state index is 0.0321. The monoisotopic (exact) mass is 478 g/mol. The lowest BCUT2D eigenvalue weighted by Crippen LogP contribution is -2.49. The molecule has 2 aliphatic carbocycles. The second-order valence-corrected chi connectivity index (χ2v) is 9.47. The fourth-order valence-corrected chi connectivity index (χ4v) is 5.50. The highest BCUT2D eigenvalue weighted by molar-refractivity contribution is 5.84.